The number of para-hydroxylation sites is 1. The molecule has 4 amide bonds. The molecule has 0 radical (unpaired) electrons. The van der Waals surface area contributed by atoms with Crippen LogP contribution in [0.2, 0.25) is 0 Å². The number of anilines is 1. The van der Waals surface area contributed by atoms with E-state index in [2.05, 4.69) is 5.32 Å². The molecular formula is C21H16N2O4. The van der Waals surface area contributed by atoms with Gasteiger partial charge in [-0.3, -0.25) is 14.9 Å². The van der Waals surface area contributed by atoms with Crippen LogP contribution in [0.3, 0.4) is 0 Å². The third-order valence-electron chi connectivity index (χ3n) is 4.70. The first-order chi connectivity index (χ1) is 13.0. The topological polar surface area (TPSA) is 86.7 Å². The Kier molecular flexibility index (Phi) is 3.97. The predicted octanol–water partition coefficient (Wildman–Crippen LogP) is 2.40. The van der Waals surface area contributed by atoms with Gasteiger partial charge in [0, 0.05) is 6.42 Å². The summed E-state index contributed by atoms with van der Waals surface area (Å²) >= 11 is 0. The Morgan fingerprint density at radius 3 is 2.30 bits per heavy atom. The van der Waals surface area contributed by atoms with Crippen LogP contribution in [0.4, 0.5) is 10.5 Å². The van der Waals surface area contributed by atoms with Crippen molar-refractivity contribution in [3.63, 3.8) is 0 Å². The Labute approximate surface area is 155 Å². The zero-order valence-electron chi connectivity index (χ0n) is 14.3. The van der Waals surface area contributed by atoms with Gasteiger partial charge >= 0.3 is 6.03 Å². The maximum atomic E-state index is 13.0. The summed E-state index contributed by atoms with van der Waals surface area (Å²) in [6.07, 6.45) is -0.240. The molecule has 1 aliphatic heterocycles. The van der Waals surface area contributed by atoms with E-state index in [1.54, 1.807) is 42.5 Å². The quantitative estimate of drug-likeness (QED) is 0.702. The second-order valence-electron chi connectivity index (χ2n) is 6.41. The van der Waals surface area contributed by atoms with Crippen molar-refractivity contribution in [3.8, 4) is 0 Å². The van der Waals surface area contributed by atoms with E-state index in [-0.39, 0.29) is 12.1 Å². The monoisotopic (exact) mass is 360 g/mol. The van der Waals surface area contributed by atoms with E-state index in [1.165, 1.54) is 0 Å². The number of hydrogen-bond donors (Lipinski definition) is 2. The molecule has 0 aliphatic carbocycles. The van der Waals surface area contributed by atoms with Gasteiger partial charge < -0.3 is 5.11 Å². The molecule has 2 N–H and O–H groups in total. The molecule has 134 valence electrons. The lowest BCUT2D eigenvalue weighted by Gasteiger charge is -2.35. The van der Waals surface area contributed by atoms with E-state index in [1.807, 2.05) is 30.3 Å². The smallest absolute Gasteiger partial charge is 0.335 e. The van der Waals surface area contributed by atoms with E-state index in [9.17, 15) is 19.5 Å². The average molecular weight is 360 g/mol. The molecule has 1 aliphatic rings. The van der Waals surface area contributed by atoms with E-state index in [0.29, 0.717) is 5.56 Å². The van der Waals surface area contributed by atoms with E-state index >= 15 is 0 Å². The molecule has 0 spiro atoms. The van der Waals surface area contributed by atoms with Gasteiger partial charge in [-0.2, -0.15) is 0 Å². The number of fused-ring (bicyclic) bond motifs is 1. The molecule has 0 aromatic heterocycles. The summed E-state index contributed by atoms with van der Waals surface area (Å²) in [4.78, 5) is 38.5. The Balaban J connectivity index is 1.77. The minimum absolute atomic E-state index is 0.240. The van der Waals surface area contributed by atoms with Crippen LogP contribution in [0.15, 0.2) is 72.8 Å². The number of carbonyl (C=O) groups excluding carboxylic acids is 3. The van der Waals surface area contributed by atoms with Gasteiger partial charge in [0.1, 0.15) is 0 Å². The van der Waals surface area contributed by atoms with Crippen LogP contribution in [0, 0.1) is 0 Å². The van der Waals surface area contributed by atoms with E-state index < -0.39 is 23.4 Å². The van der Waals surface area contributed by atoms with Gasteiger partial charge in [-0.1, -0.05) is 60.7 Å². The number of benzene rings is 3. The van der Waals surface area contributed by atoms with Crippen LogP contribution in [-0.2, 0) is 16.0 Å². The molecule has 0 saturated carbocycles. The van der Waals surface area contributed by atoms with Crippen LogP contribution >= 0.6 is 0 Å². The summed E-state index contributed by atoms with van der Waals surface area (Å²) in [5.74, 6) is -1.98. The van der Waals surface area contributed by atoms with Crippen molar-refractivity contribution in [1.82, 2.24) is 5.32 Å². The van der Waals surface area contributed by atoms with E-state index in [0.717, 1.165) is 15.7 Å². The van der Waals surface area contributed by atoms with Crippen molar-refractivity contribution in [2.24, 2.45) is 0 Å². The van der Waals surface area contributed by atoms with Crippen molar-refractivity contribution in [2.45, 2.75) is 12.0 Å². The molecule has 1 unspecified atom stereocenters. The minimum Gasteiger partial charge on any atom is -0.371 e. The average Bonchev–Trinajstić information content (AvgIpc) is 2.68. The number of imide groups is 2. The van der Waals surface area contributed by atoms with Gasteiger partial charge in [0.25, 0.3) is 11.8 Å². The highest BCUT2D eigenvalue weighted by atomic mass is 16.3. The molecule has 1 heterocycles. The number of nitrogens with one attached hydrogen (secondary N) is 1. The molecule has 6 nitrogen and oxygen atoms in total. The van der Waals surface area contributed by atoms with Gasteiger partial charge in [0.05, 0.1) is 5.69 Å². The van der Waals surface area contributed by atoms with Crippen LogP contribution in [0.25, 0.3) is 10.8 Å². The summed E-state index contributed by atoms with van der Waals surface area (Å²) in [6, 6.07) is 20.3. The molecule has 1 saturated heterocycles. The number of carbonyl (C=O) groups is 3. The highest BCUT2D eigenvalue weighted by molar-refractivity contribution is 6.31. The van der Waals surface area contributed by atoms with Crippen molar-refractivity contribution in [3.05, 3.63) is 78.4 Å². The number of rotatable bonds is 3. The Morgan fingerprint density at radius 2 is 1.52 bits per heavy atom. The first-order valence-electron chi connectivity index (χ1n) is 8.45. The van der Waals surface area contributed by atoms with Crippen molar-refractivity contribution < 1.29 is 19.5 Å². The summed E-state index contributed by atoms with van der Waals surface area (Å²) in [5, 5.41) is 14.9. The summed E-state index contributed by atoms with van der Waals surface area (Å²) in [6.45, 7) is 0. The minimum atomic E-state index is -2.38. The largest absolute Gasteiger partial charge is 0.371 e. The normalized spacial score (nSPS) is 20.0. The van der Waals surface area contributed by atoms with Crippen LogP contribution in [0.5, 0.6) is 0 Å². The molecule has 27 heavy (non-hydrogen) atoms. The van der Waals surface area contributed by atoms with Gasteiger partial charge in [0.15, 0.2) is 0 Å². The SMILES string of the molecule is O=C1NC(=O)C(O)(Cc2cccc3ccccc23)C(=O)N1c1ccccc1. The molecule has 6 heteroatoms. The Morgan fingerprint density at radius 1 is 0.852 bits per heavy atom. The lowest BCUT2D eigenvalue weighted by atomic mass is 9.88. The van der Waals surface area contributed by atoms with Gasteiger partial charge in [0.2, 0.25) is 5.60 Å². The molecular weight excluding hydrogens is 344 g/mol. The number of amides is 4. The number of barbiturate groups is 1. The Bertz CT molecular complexity index is 1060. The zero-order chi connectivity index (χ0) is 19.0. The maximum absolute atomic E-state index is 13.0. The molecule has 4 rings (SSSR count). The first-order valence-corrected chi connectivity index (χ1v) is 8.45. The fourth-order valence-electron chi connectivity index (χ4n) is 3.32. The van der Waals surface area contributed by atoms with Gasteiger partial charge in [-0.25, -0.2) is 9.69 Å². The highest BCUT2D eigenvalue weighted by Crippen LogP contribution is 2.28. The van der Waals surface area contributed by atoms with Crippen LogP contribution in [0.1, 0.15) is 5.56 Å². The van der Waals surface area contributed by atoms with Crippen molar-refractivity contribution in [1.29, 1.82) is 0 Å². The van der Waals surface area contributed by atoms with Crippen LogP contribution < -0.4 is 10.2 Å². The number of nitrogens with zero attached hydrogens (tertiary/aromatic N) is 1. The number of aliphatic hydroxyl groups is 1. The third kappa shape index (κ3) is 2.76. The van der Waals surface area contributed by atoms with Crippen molar-refractivity contribution >= 4 is 34.3 Å². The standard InChI is InChI=1S/C21H16N2O4/c24-18-21(27,13-15-9-6-8-14-7-4-5-12-17(14)15)19(25)23(20(26)22-18)16-10-2-1-3-11-16/h1-12,27H,13H2,(H,22,24,26). The molecule has 3 aromatic rings. The summed E-state index contributed by atoms with van der Waals surface area (Å²) in [7, 11) is 0. The summed E-state index contributed by atoms with van der Waals surface area (Å²) < 4.78 is 0. The Hall–Kier alpha value is -3.51. The summed E-state index contributed by atoms with van der Waals surface area (Å²) in [5.41, 5.74) is -1.46. The second-order valence-corrected chi connectivity index (χ2v) is 6.41. The molecule has 1 atom stereocenters. The highest BCUT2D eigenvalue weighted by Gasteiger charge is 2.53. The number of urea groups is 1. The van der Waals surface area contributed by atoms with Gasteiger partial charge in [-0.15, -0.1) is 0 Å². The first kappa shape index (κ1) is 16.9. The van der Waals surface area contributed by atoms with Gasteiger partial charge in [-0.05, 0) is 28.5 Å². The molecule has 3 aromatic carbocycles. The fourth-order valence-corrected chi connectivity index (χ4v) is 3.32. The molecule has 0 bridgehead atoms. The maximum Gasteiger partial charge on any atom is 0.335 e. The van der Waals surface area contributed by atoms with E-state index in [4.69, 9.17) is 0 Å². The molecule has 1 fully saturated rings. The zero-order valence-corrected chi connectivity index (χ0v) is 14.3. The third-order valence-corrected chi connectivity index (χ3v) is 4.70. The fraction of sp³-hybridized carbons (Fsp3) is 0.0952. The van der Waals surface area contributed by atoms with Crippen LogP contribution in [-0.4, -0.2) is 28.6 Å². The second kappa shape index (κ2) is 6.34. The lowest BCUT2D eigenvalue weighted by Crippen LogP contribution is -2.69. The number of hydrogen-bond acceptors (Lipinski definition) is 4. The lowest BCUT2D eigenvalue weighted by molar-refractivity contribution is -0.152. The predicted molar refractivity (Wildman–Crippen MR) is 100 cm³/mol. The van der Waals surface area contributed by atoms with Crippen molar-refractivity contribution in [2.75, 3.05) is 4.90 Å².